The third-order valence-electron chi connectivity index (χ3n) is 4.44. The van der Waals surface area contributed by atoms with E-state index in [9.17, 15) is 4.39 Å². The van der Waals surface area contributed by atoms with Crippen LogP contribution in [-0.4, -0.2) is 5.71 Å². The summed E-state index contributed by atoms with van der Waals surface area (Å²) in [7, 11) is 0. The standard InChI is InChI=1S/C21H15BrClFN2/c22-15-7-11-17(12-8-15)26-21(18-3-1-2-4-19(18)24)13-20(25-26)14-5-9-16(23)10-6-14/h1-12,21H,13H2/t21-/m1/s1. The molecule has 2 nitrogen and oxygen atoms in total. The van der Waals surface area contributed by atoms with Crippen molar-refractivity contribution in [2.24, 2.45) is 5.10 Å². The van der Waals surface area contributed by atoms with Gasteiger partial charge < -0.3 is 0 Å². The smallest absolute Gasteiger partial charge is 0.128 e. The van der Waals surface area contributed by atoms with Crippen LogP contribution in [0.15, 0.2) is 82.4 Å². The van der Waals surface area contributed by atoms with E-state index in [0.717, 1.165) is 21.4 Å². The Hall–Kier alpha value is -2.17. The van der Waals surface area contributed by atoms with Crippen molar-refractivity contribution in [2.45, 2.75) is 12.5 Å². The van der Waals surface area contributed by atoms with Crippen LogP contribution in [0.5, 0.6) is 0 Å². The zero-order valence-corrected chi connectivity index (χ0v) is 16.1. The summed E-state index contributed by atoms with van der Waals surface area (Å²) in [6.45, 7) is 0. The minimum atomic E-state index is -0.216. The molecule has 26 heavy (non-hydrogen) atoms. The van der Waals surface area contributed by atoms with Crippen LogP contribution in [0, 0.1) is 5.82 Å². The van der Waals surface area contributed by atoms with Gasteiger partial charge in [-0.05, 0) is 48.0 Å². The number of hydrazone groups is 1. The highest BCUT2D eigenvalue weighted by Crippen LogP contribution is 2.38. The molecule has 0 N–H and O–H groups in total. The van der Waals surface area contributed by atoms with Crippen molar-refractivity contribution in [1.29, 1.82) is 0 Å². The van der Waals surface area contributed by atoms with E-state index < -0.39 is 0 Å². The fourth-order valence-corrected chi connectivity index (χ4v) is 3.54. The first-order chi connectivity index (χ1) is 12.6. The molecule has 3 aromatic rings. The molecule has 1 atom stereocenters. The average molecular weight is 430 g/mol. The van der Waals surface area contributed by atoms with E-state index in [2.05, 4.69) is 15.9 Å². The fraction of sp³-hybridized carbons (Fsp3) is 0.0952. The lowest BCUT2D eigenvalue weighted by molar-refractivity contribution is 0.579. The van der Waals surface area contributed by atoms with E-state index in [1.54, 1.807) is 6.07 Å². The lowest BCUT2D eigenvalue weighted by atomic mass is 9.98. The molecule has 0 saturated heterocycles. The van der Waals surface area contributed by atoms with Crippen molar-refractivity contribution in [3.63, 3.8) is 0 Å². The lowest BCUT2D eigenvalue weighted by Gasteiger charge is -2.24. The molecule has 0 saturated carbocycles. The molecule has 4 rings (SSSR count). The predicted octanol–water partition coefficient (Wildman–Crippen LogP) is 6.60. The Bertz CT molecular complexity index is 955. The number of hydrogen-bond acceptors (Lipinski definition) is 2. The van der Waals surface area contributed by atoms with Gasteiger partial charge in [-0.1, -0.05) is 57.9 Å². The second-order valence-corrected chi connectivity index (χ2v) is 7.47. The van der Waals surface area contributed by atoms with Crippen molar-refractivity contribution in [3.05, 3.63) is 99.2 Å². The van der Waals surface area contributed by atoms with E-state index in [-0.39, 0.29) is 11.9 Å². The number of halogens is 3. The van der Waals surface area contributed by atoms with Gasteiger partial charge in [-0.15, -0.1) is 0 Å². The third kappa shape index (κ3) is 3.39. The summed E-state index contributed by atoms with van der Waals surface area (Å²) in [5.41, 5.74) is 3.47. The monoisotopic (exact) mass is 428 g/mol. The van der Waals surface area contributed by atoms with Crippen LogP contribution < -0.4 is 5.01 Å². The molecule has 0 aromatic heterocycles. The Labute approximate surface area is 165 Å². The molecule has 5 heteroatoms. The Kier molecular flexibility index (Phi) is 4.79. The van der Waals surface area contributed by atoms with Gasteiger partial charge >= 0.3 is 0 Å². The Balaban J connectivity index is 1.77. The Morgan fingerprint density at radius 3 is 2.35 bits per heavy atom. The summed E-state index contributed by atoms with van der Waals surface area (Å²) < 4.78 is 15.5. The molecule has 3 aromatic carbocycles. The molecule has 0 fully saturated rings. The zero-order chi connectivity index (χ0) is 18.1. The maximum atomic E-state index is 14.5. The first kappa shape index (κ1) is 17.3. The topological polar surface area (TPSA) is 15.6 Å². The maximum absolute atomic E-state index is 14.5. The molecule has 0 bridgehead atoms. The van der Waals surface area contributed by atoms with Gasteiger partial charge in [-0.2, -0.15) is 5.10 Å². The second kappa shape index (κ2) is 7.22. The largest absolute Gasteiger partial charge is 0.257 e. The van der Waals surface area contributed by atoms with Gasteiger partial charge in [0, 0.05) is 21.5 Å². The second-order valence-electron chi connectivity index (χ2n) is 6.12. The Morgan fingerprint density at radius 2 is 1.65 bits per heavy atom. The summed E-state index contributed by atoms with van der Waals surface area (Å²) in [5.74, 6) is -0.216. The minimum absolute atomic E-state index is 0.192. The van der Waals surface area contributed by atoms with Crippen molar-refractivity contribution >= 4 is 38.9 Å². The molecular weight excluding hydrogens is 415 g/mol. The molecule has 1 heterocycles. The normalized spacial score (nSPS) is 16.7. The van der Waals surface area contributed by atoms with E-state index >= 15 is 0 Å². The van der Waals surface area contributed by atoms with Crippen molar-refractivity contribution in [3.8, 4) is 0 Å². The zero-order valence-electron chi connectivity index (χ0n) is 13.7. The summed E-state index contributed by atoms with van der Waals surface area (Å²) in [6.07, 6.45) is 0.624. The van der Waals surface area contributed by atoms with Crippen molar-refractivity contribution in [1.82, 2.24) is 0 Å². The van der Waals surface area contributed by atoms with E-state index in [1.165, 1.54) is 6.07 Å². The summed E-state index contributed by atoms with van der Waals surface area (Å²) >= 11 is 9.45. The molecule has 0 aliphatic carbocycles. The lowest BCUT2D eigenvalue weighted by Crippen LogP contribution is -2.19. The molecule has 0 spiro atoms. The highest BCUT2D eigenvalue weighted by atomic mass is 79.9. The van der Waals surface area contributed by atoms with Gasteiger partial charge in [-0.3, -0.25) is 5.01 Å². The summed E-state index contributed by atoms with van der Waals surface area (Å²) in [5, 5.41) is 7.39. The van der Waals surface area contributed by atoms with Gasteiger partial charge in [0.25, 0.3) is 0 Å². The van der Waals surface area contributed by atoms with E-state index in [4.69, 9.17) is 16.7 Å². The van der Waals surface area contributed by atoms with Crippen LogP contribution in [-0.2, 0) is 0 Å². The van der Waals surface area contributed by atoms with Crippen LogP contribution in [0.1, 0.15) is 23.6 Å². The van der Waals surface area contributed by atoms with Gasteiger partial charge in [0.15, 0.2) is 0 Å². The van der Waals surface area contributed by atoms with Gasteiger partial charge in [0.05, 0.1) is 17.4 Å². The van der Waals surface area contributed by atoms with Gasteiger partial charge in [0.1, 0.15) is 5.82 Å². The molecule has 0 unspecified atom stereocenters. The summed E-state index contributed by atoms with van der Waals surface area (Å²) in [4.78, 5) is 0. The van der Waals surface area contributed by atoms with E-state index in [0.29, 0.717) is 17.0 Å². The van der Waals surface area contributed by atoms with Gasteiger partial charge in [-0.25, -0.2) is 4.39 Å². The summed E-state index contributed by atoms with van der Waals surface area (Å²) in [6, 6.07) is 22.2. The molecule has 1 aliphatic rings. The Morgan fingerprint density at radius 1 is 0.962 bits per heavy atom. The van der Waals surface area contributed by atoms with Crippen molar-refractivity contribution < 1.29 is 4.39 Å². The van der Waals surface area contributed by atoms with Crippen LogP contribution in [0.25, 0.3) is 0 Å². The van der Waals surface area contributed by atoms with Crippen LogP contribution in [0.3, 0.4) is 0 Å². The molecule has 0 amide bonds. The molecule has 1 aliphatic heterocycles. The quantitative estimate of drug-likeness (QED) is 0.458. The number of nitrogens with zero attached hydrogens (tertiary/aromatic N) is 2. The average Bonchev–Trinajstić information content (AvgIpc) is 3.08. The SMILES string of the molecule is Fc1ccccc1[C@H]1CC(c2ccc(Cl)cc2)=NN1c1ccc(Br)cc1. The highest BCUT2D eigenvalue weighted by Gasteiger charge is 2.31. The fourth-order valence-electron chi connectivity index (χ4n) is 3.15. The minimum Gasteiger partial charge on any atom is -0.257 e. The van der Waals surface area contributed by atoms with Crippen LogP contribution in [0.4, 0.5) is 10.1 Å². The first-order valence-corrected chi connectivity index (χ1v) is 9.41. The number of hydrogen-bond donors (Lipinski definition) is 0. The van der Waals surface area contributed by atoms with E-state index in [1.807, 2.05) is 65.7 Å². The molecular formula is C21H15BrClFN2. The molecule has 0 radical (unpaired) electrons. The first-order valence-electron chi connectivity index (χ1n) is 8.24. The van der Waals surface area contributed by atoms with Gasteiger partial charge in [0.2, 0.25) is 0 Å². The third-order valence-corrected chi connectivity index (χ3v) is 5.22. The molecule has 130 valence electrons. The number of benzene rings is 3. The van der Waals surface area contributed by atoms with Crippen LogP contribution in [0.2, 0.25) is 5.02 Å². The highest BCUT2D eigenvalue weighted by molar-refractivity contribution is 9.10. The predicted molar refractivity (Wildman–Crippen MR) is 108 cm³/mol. The van der Waals surface area contributed by atoms with Crippen LogP contribution >= 0.6 is 27.5 Å². The maximum Gasteiger partial charge on any atom is 0.128 e. The number of anilines is 1. The van der Waals surface area contributed by atoms with Crippen molar-refractivity contribution in [2.75, 3.05) is 5.01 Å². The number of rotatable bonds is 3.